The van der Waals surface area contributed by atoms with Gasteiger partial charge >= 0.3 is 12.1 Å². The summed E-state index contributed by atoms with van der Waals surface area (Å²) >= 11 is 0. The average Bonchev–Trinajstić information content (AvgIpc) is 2.14. The lowest BCUT2D eigenvalue weighted by molar-refractivity contribution is -0.188. The molecule has 0 aliphatic rings. The van der Waals surface area contributed by atoms with Gasteiger partial charge in [0.15, 0.2) is 6.61 Å². The van der Waals surface area contributed by atoms with Crippen molar-refractivity contribution in [3.63, 3.8) is 0 Å². The molecule has 0 aliphatic heterocycles. The molecule has 0 unspecified atom stereocenters. The lowest BCUT2D eigenvalue weighted by Crippen LogP contribution is -2.25. The summed E-state index contributed by atoms with van der Waals surface area (Å²) in [6.07, 6.45) is -3.00. The molecule has 0 saturated heterocycles. The van der Waals surface area contributed by atoms with E-state index in [9.17, 15) is 18.0 Å². The number of esters is 1. The molecule has 0 aromatic heterocycles. The number of carbonyl (C=O) groups is 1. The highest BCUT2D eigenvalue weighted by Gasteiger charge is 2.27. The lowest BCUT2D eigenvalue weighted by atomic mass is 10.3. The van der Waals surface area contributed by atoms with E-state index in [-0.39, 0.29) is 6.54 Å². The van der Waals surface area contributed by atoms with Gasteiger partial charge in [-0.05, 0) is 6.92 Å². The van der Waals surface area contributed by atoms with Crippen molar-refractivity contribution in [1.82, 2.24) is 5.48 Å². The Labute approximate surface area is 85.0 Å². The third kappa shape index (κ3) is 7.95. The van der Waals surface area contributed by atoms with Gasteiger partial charge in [-0.2, -0.15) is 18.7 Å². The summed E-state index contributed by atoms with van der Waals surface area (Å²) in [5.74, 6) is -0.535. The van der Waals surface area contributed by atoms with E-state index in [4.69, 9.17) is 0 Å². The van der Waals surface area contributed by atoms with Gasteiger partial charge in [0.2, 0.25) is 0 Å². The Morgan fingerprint density at radius 2 is 2.07 bits per heavy atom. The zero-order valence-electron chi connectivity index (χ0n) is 8.35. The summed E-state index contributed by atoms with van der Waals surface area (Å²) < 4.78 is 39.1. The quantitative estimate of drug-likeness (QED) is 0.331. The zero-order valence-corrected chi connectivity index (χ0v) is 8.35. The van der Waals surface area contributed by atoms with Gasteiger partial charge < -0.3 is 4.74 Å². The van der Waals surface area contributed by atoms with E-state index < -0.39 is 18.8 Å². The van der Waals surface area contributed by atoms with Gasteiger partial charge in [-0.1, -0.05) is 6.08 Å². The van der Waals surface area contributed by atoms with Gasteiger partial charge in [-0.25, -0.2) is 4.79 Å². The van der Waals surface area contributed by atoms with E-state index in [1.165, 1.54) is 20.1 Å². The largest absolute Gasteiger partial charge is 0.466 e. The maximum absolute atomic E-state index is 11.6. The summed E-state index contributed by atoms with van der Waals surface area (Å²) in [7, 11) is 1.22. The Morgan fingerprint density at radius 3 is 2.53 bits per heavy atom. The monoisotopic (exact) mass is 227 g/mol. The Kier molecular flexibility index (Phi) is 5.95. The van der Waals surface area contributed by atoms with Gasteiger partial charge in [-0.15, -0.1) is 0 Å². The first-order chi connectivity index (χ1) is 6.87. The fourth-order valence-electron chi connectivity index (χ4n) is 0.631. The number of methoxy groups -OCH3 is 1. The van der Waals surface area contributed by atoms with Crippen molar-refractivity contribution in [3.8, 4) is 0 Å². The van der Waals surface area contributed by atoms with Crippen molar-refractivity contribution >= 4 is 5.97 Å². The molecule has 0 radical (unpaired) electrons. The van der Waals surface area contributed by atoms with Crippen LogP contribution < -0.4 is 5.48 Å². The van der Waals surface area contributed by atoms with Crippen LogP contribution in [0, 0.1) is 0 Å². The third-order valence-electron chi connectivity index (χ3n) is 1.34. The van der Waals surface area contributed by atoms with Crippen molar-refractivity contribution < 1.29 is 27.5 Å². The van der Waals surface area contributed by atoms with Crippen LogP contribution in [0.5, 0.6) is 0 Å². The molecule has 7 heteroatoms. The lowest BCUT2D eigenvalue weighted by Gasteiger charge is -2.06. The Bertz CT molecular complexity index is 238. The van der Waals surface area contributed by atoms with Crippen LogP contribution >= 0.6 is 0 Å². The van der Waals surface area contributed by atoms with Gasteiger partial charge in [0, 0.05) is 12.1 Å². The summed E-state index contributed by atoms with van der Waals surface area (Å²) in [6.45, 7) is 0.104. The van der Waals surface area contributed by atoms with Crippen molar-refractivity contribution in [2.45, 2.75) is 13.1 Å². The molecule has 15 heavy (non-hydrogen) atoms. The highest BCUT2D eigenvalue weighted by atomic mass is 19.4. The molecule has 0 aromatic rings. The van der Waals surface area contributed by atoms with Crippen molar-refractivity contribution in [2.24, 2.45) is 0 Å². The van der Waals surface area contributed by atoms with Crippen LogP contribution in [0.4, 0.5) is 13.2 Å². The highest BCUT2D eigenvalue weighted by Crippen LogP contribution is 2.13. The molecule has 0 aromatic carbocycles. The number of ether oxygens (including phenoxy) is 1. The Balaban J connectivity index is 3.66. The number of halogens is 3. The predicted octanol–water partition coefficient (Wildman–Crippen LogP) is 1.19. The van der Waals surface area contributed by atoms with E-state index in [0.29, 0.717) is 5.57 Å². The minimum atomic E-state index is -4.37. The molecule has 0 amide bonds. The molecular formula is C8H12F3NO3. The highest BCUT2D eigenvalue weighted by molar-refractivity contribution is 5.87. The Hall–Kier alpha value is -1.08. The molecular weight excluding hydrogens is 215 g/mol. The first kappa shape index (κ1) is 13.9. The summed E-state index contributed by atoms with van der Waals surface area (Å²) in [6, 6.07) is 0. The average molecular weight is 227 g/mol. The van der Waals surface area contributed by atoms with E-state index in [1.54, 1.807) is 0 Å². The minimum absolute atomic E-state index is 0.00296. The molecule has 0 heterocycles. The summed E-state index contributed by atoms with van der Waals surface area (Å²) in [5, 5.41) is 0. The normalized spacial score (nSPS) is 12.7. The Morgan fingerprint density at radius 1 is 1.47 bits per heavy atom. The van der Waals surface area contributed by atoms with Crippen molar-refractivity contribution in [2.75, 3.05) is 20.3 Å². The number of rotatable bonds is 5. The number of carbonyl (C=O) groups excluding carboxylic acids is 1. The SMILES string of the molecule is COC(=O)C(C)=CCNOCC(F)(F)F. The second kappa shape index (κ2) is 6.41. The van der Waals surface area contributed by atoms with Crippen LogP contribution in [-0.4, -0.2) is 32.4 Å². The van der Waals surface area contributed by atoms with Crippen LogP contribution in [0.1, 0.15) is 6.92 Å². The zero-order chi connectivity index (χ0) is 11.9. The molecule has 0 fully saturated rings. The fraction of sp³-hybridized carbons (Fsp3) is 0.625. The first-order valence-corrected chi connectivity index (χ1v) is 4.03. The van der Waals surface area contributed by atoms with Gasteiger partial charge in [0.25, 0.3) is 0 Å². The minimum Gasteiger partial charge on any atom is -0.466 e. The molecule has 0 aliphatic carbocycles. The van der Waals surface area contributed by atoms with E-state index in [0.717, 1.165) is 0 Å². The maximum atomic E-state index is 11.6. The van der Waals surface area contributed by atoms with E-state index >= 15 is 0 Å². The number of hydrogen-bond acceptors (Lipinski definition) is 4. The maximum Gasteiger partial charge on any atom is 0.413 e. The van der Waals surface area contributed by atoms with Gasteiger partial charge in [0.1, 0.15) is 0 Å². The summed E-state index contributed by atoms with van der Waals surface area (Å²) in [5.41, 5.74) is 2.34. The van der Waals surface area contributed by atoms with Crippen LogP contribution in [0.15, 0.2) is 11.6 Å². The van der Waals surface area contributed by atoms with Crippen LogP contribution in [-0.2, 0) is 14.4 Å². The number of hydrogen-bond donors (Lipinski definition) is 1. The van der Waals surface area contributed by atoms with Crippen LogP contribution in [0.2, 0.25) is 0 Å². The van der Waals surface area contributed by atoms with Crippen LogP contribution in [0.25, 0.3) is 0 Å². The number of hydroxylamine groups is 1. The van der Waals surface area contributed by atoms with E-state index in [1.807, 2.05) is 5.48 Å². The molecule has 1 N–H and O–H groups in total. The topological polar surface area (TPSA) is 47.6 Å². The molecule has 0 saturated carbocycles. The second-order valence-corrected chi connectivity index (χ2v) is 2.63. The molecule has 88 valence electrons. The summed E-state index contributed by atoms with van der Waals surface area (Å²) in [4.78, 5) is 14.9. The van der Waals surface area contributed by atoms with Crippen molar-refractivity contribution in [3.05, 3.63) is 11.6 Å². The third-order valence-corrected chi connectivity index (χ3v) is 1.34. The second-order valence-electron chi connectivity index (χ2n) is 2.63. The molecule has 0 atom stereocenters. The molecule has 0 bridgehead atoms. The molecule has 0 rings (SSSR count). The molecule has 0 spiro atoms. The fourth-order valence-corrected chi connectivity index (χ4v) is 0.631. The number of nitrogens with one attached hydrogen (secondary N) is 1. The van der Waals surface area contributed by atoms with Crippen molar-refractivity contribution in [1.29, 1.82) is 0 Å². The van der Waals surface area contributed by atoms with Gasteiger partial charge in [0.05, 0.1) is 7.11 Å². The number of alkyl halides is 3. The molecule has 4 nitrogen and oxygen atoms in total. The van der Waals surface area contributed by atoms with E-state index in [2.05, 4.69) is 9.57 Å². The van der Waals surface area contributed by atoms with Crippen LogP contribution in [0.3, 0.4) is 0 Å². The van der Waals surface area contributed by atoms with Gasteiger partial charge in [-0.3, -0.25) is 4.84 Å². The first-order valence-electron chi connectivity index (χ1n) is 4.03. The standard InChI is InChI=1S/C8H12F3NO3/c1-6(7(13)14-2)3-4-12-15-5-8(9,10)11/h3,12H,4-5H2,1-2H3. The smallest absolute Gasteiger partial charge is 0.413 e. The predicted molar refractivity (Wildman–Crippen MR) is 45.8 cm³/mol.